The Hall–Kier alpha value is -2.55. The van der Waals surface area contributed by atoms with Crippen LogP contribution in [0.5, 0.6) is 0 Å². The van der Waals surface area contributed by atoms with Crippen LogP contribution in [0.2, 0.25) is 0 Å². The SMILES string of the molecule is CS(=O)(=O)c1ccc(N2CCCC(c3ccncn3)C2)c([N+](=O)[O-])c1. The van der Waals surface area contributed by atoms with Gasteiger partial charge in [0.05, 0.1) is 9.82 Å². The molecule has 2 aromatic rings. The Bertz CT molecular complexity index is 886. The summed E-state index contributed by atoms with van der Waals surface area (Å²) in [6.45, 7) is 1.27. The molecule has 1 aromatic heterocycles. The summed E-state index contributed by atoms with van der Waals surface area (Å²) >= 11 is 0. The van der Waals surface area contributed by atoms with E-state index in [1.165, 1.54) is 18.5 Å². The van der Waals surface area contributed by atoms with Gasteiger partial charge < -0.3 is 4.90 Å². The molecule has 0 aliphatic carbocycles. The van der Waals surface area contributed by atoms with Crippen LogP contribution in [0.4, 0.5) is 11.4 Å². The number of nitrogens with zero attached hydrogens (tertiary/aromatic N) is 4. The van der Waals surface area contributed by atoms with Crippen molar-refractivity contribution < 1.29 is 13.3 Å². The Morgan fingerprint density at radius 2 is 2.12 bits per heavy atom. The van der Waals surface area contributed by atoms with E-state index in [1.54, 1.807) is 6.20 Å². The number of nitro benzene ring substituents is 1. The third-order valence-electron chi connectivity index (χ3n) is 4.36. The molecule has 1 aliphatic heterocycles. The minimum atomic E-state index is -3.50. The minimum Gasteiger partial charge on any atom is -0.365 e. The molecule has 0 amide bonds. The average molecular weight is 362 g/mol. The molecule has 1 atom stereocenters. The number of sulfone groups is 1. The van der Waals surface area contributed by atoms with Crippen LogP contribution < -0.4 is 4.90 Å². The molecule has 0 radical (unpaired) electrons. The normalized spacial score (nSPS) is 18.1. The zero-order valence-electron chi connectivity index (χ0n) is 13.7. The van der Waals surface area contributed by atoms with Gasteiger partial charge in [-0.2, -0.15) is 0 Å². The monoisotopic (exact) mass is 362 g/mol. The number of rotatable bonds is 4. The Kier molecular flexibility index (Phi) is 4.67. The van der Waals surface area contributed by atoms with Gasteiger partial charge in [0.25, 0.3) is 5.69 Å². The average Bonchev–Trinajstić information content (AvgIpc) is 2.61. The second-order valence-electron chi connectivity index (χ2n) is 6.10. The first kappa shape index (κ1) is 17.3. The van der Waals surface area contributed by atoms with Crippen molar-refractivity contribution in [3.8, 4) is 0 Å². The Morgan fingerprint density at radius 1 is 1.32 bits per heavy atom. The van der Waals surface area contributed by atoms with Crippen molar-refractivity contribution in [1.82, 2.24) is 9.97 Å². The van der Waals surface area contributed by atoms with Crippen LogP contribution >= 0.6 is 0 Å². The molecule has 132 valence electrons. The van der Waals surface area contributed by atoms with E-state index in [2.05, 4.69) is 9.97 Å². The number of benzene rings is 1. The second kappa shape index (κ2) is 6.75. The van der Waals surface area contributed by atoms with Gasteiger partial charge in [-0.05, 0) is 31.0 Å². The highest BCUT2D eigenvalue weighted by molar-refractivity contribution is 7.90. The number of hydrogen-bond acceptors (Lipinski definition) is 7. The molecule has 1 saturated heterocycles. The molecule has 25 heavy (non-hydrogen) atoms. The van der Waals surface area contributed by atoms with Gasteiger partial charge in [0.2, 0.25) is 0 Å². The van der Waals surface area contributed by atoms with Gasteiger partial charge >= 0.3 is 0 Å². The first-order valence-electron chi connectivity index (χ1n) is 7.85. The van der Waals surface area contributed by atoms with Gasteiger partial charge in [0, 0.05) is 43.2 Å². The Morgan fingerprint density at radius 3 is 2.76 bits per heavy atom. The summed E-state index contributed by atoms with van der Waals surface area (Å²) in [6, 6.07) is 5.94. The molecule has 9 heteroatoms. The highest BCUT2D eigenvalue weighted by atomic mass is 32.2. The van der Waals surface area contributed by atoms with Crippen molar-refractivity contribution in [3.63, 3.8) is 0 Å². The largest absolute Gasteiger partial charge is 0.365 e. The van der Waals surface area contributed by atoms with Gasteiger partial charge in [-0.25, -0.2) is 18.4 Å². The maximum absolute atomic E-state index is 11.7. The van der Waals surface area contributed by atoms with Crippen LogP contribution in [0.1, 0.15) is 24.5 Å². The predicted octanol–water partition coefficient (Wildman–Crippen LogP) is 2.17. The Balaban J connectivity index is 1.94. The van der Waals surface area contributed by atoms with E-state index in [0.717, 1.165) is 30.9 Å². The van der Waals surface area contributed by atoms with E-state index in [9.17, 15) is 18.5 Å². The molecular weight excluding hydrogens is 344 g/mol. The quantitative estimate of drug-likeness (QED) is 0.606. The molecule has 1 aromatic carbocycles. The van der Waals surface area contributed by atoms with Gasteiger partial charge in [-0.1, -0.05) is 0 Å². The molecular formula is C16H18N4O4S. The second-order valence-corrected chi connectivity index (χ2v) is 8.11. The topological polar surface area (TPSA) is 106 Å². The van der Waals surface area contributed by atoms with Crippen LogP contribution in [0, 0.1) is 10.1 Å². The fraction of sp³-hybridized carbons (Fsp3) is 0.375. The number of hydrogen-bond donors (Lipinski definition) is 0. The molecule has 8 nitrogen and oxygen atoms in total. The van der Waals surface area contributed by atoms with Gasteiger partial charge in [-0.15, -0.1) is 0 Å². The summed E-state index contributed by atoms with van der Waals surface area (Å²) in [5.74, 6) is 0.158. The van der Waals surface area contributed by atoms with E-state index < -0.39 is 14.8 Å². The molecule has 1 unspecified atom stereocenters. The first-order chi connectivity index (χ1) is 11.9. The summed E-state index contributed by atoms with van der Waals surface area (Å²) in [5.41, 5.74) is 1.16. The van der Waals surface area contributed by atoms with Crippen LogP contribution in [0.15, 0.2) is 41.7 Å². The number of aromatic nitrogens is 2. The van der Waals surface area contributed by atoms with Gasteiger partial charge in [0.1, 0.15) is 12.0 Å². The van der Waals surface area contributed by atoms with E-state index in [-0.39, 0.29) is 16.5 Å². The van der Waals surface area contributed by atoms with Crippen LogP contribution in [0.25, 0.3) is 0 Å². The Labute approximate surface area is 145 Å². The summed E-state index contributed by atoms with van der Waals surface area (Å²) in [4.78, 5) is 21.0. The number of nitro groups is 1. The van der Waals surface area contributed by atoms with Crippen molar-refractivity contribution >= 4 is 21.2 Å². The predicted molar refractivity (Wildman–Crippen MR) is 92.4 cm³/mol. The molecule has 1 aliphatic rings. The lowest BCUT2D eigenvalue weighted by molar-refractivity contribution is -0.384. The fourth-order valence-electron chi connectivity index (χ4n) is 3.13. The number of piperidine rings is 1. The number of anilines is 1. The highest BCUT2D eigenvalue weighted by Crippen LogP contribution is 2.35. The smallest absolute Gasteiger partial charge is 0.293 e. The maximum Gasteiger partial charge on any atom is 0.293 e. The minimum absolute atomic E-state index is 0.0488. The van der Waals surface area contributed by atoms with E-state index in [4.69, 9.17) is 0 Å². The third-order valence-corrected chi connectivity index (χ3v) is 5.47. The van der Waals surface area contributed by atoms with Crippen LogP contribution in [0.3, 0.4) is 0 Å². The summed E-state index contributed by atoms with van der Waals surface area (Å²) < 4.78 is 23.4. The molecule has 2 heterocycles. The van der Waals surface area contributed by atoms with Crippen molar-refractivity contribution in [2.45, 2.75) is 23.7 Å². The third kappa shape index (κ3) is 3.76. The maximum atomic E-state index is 11.7. The summed E-state index contributed by atoms with van der Waals surface area (Å²) in [5, 5.41) is 11.5. The zero-order valence-corrected chi connectivity index (χ0v) is 14.5. The highest BCUT2D eigenvalue weighted by Gasteiger charge is 2.28. The fourth-order valence-corrected chi connectivity index (χ4v) is 3.77. The summed E-state index contributed by atoms with van der Waals surface area (Å²) in [6.07, 6.45) is 6.04. The molecule has 1 fully saturated rings. The zero-order chi connectivity index (χ0) is 18.0. The van der Waals surface area contributed by atoms with Gasteiger partial charge in [-0.3, -0.25) is 10.1 Å². The van der Waals surface area contributed by atoms with Crippen molar-refractivity contribution in [1.29, 1.82) is 0 Å². The first-order valence-corrected chi connectivity index (χ1v) is 9.75. The van der Waals surface area contributed by atoms with Crippen molar-refractivity contribution in [2.24, 2.45) is 0 Å². The van der Waals surface area contributed by atoms with E-state index in [0.29, 0.717) is 18.8 Å². The van der Waals surface area contributed by atoms with E-state index in [1.807, 2.05) is 11.0 Å². The summed E-state index contributed by atoms with van der Waals surface area (Å²) in [7, 11) is -3.50. The lowest BCUT2D eigenvalue weighted by Gasteiger charge is -2.33. The lowest BCUT2D eigenvalue weighted by atomic mass is 9.94. The van der Waals surface area contributed by atoms with Crippen molar-refractivity contribution in [3.05, 3.63) is 52.6 Å². The standard InChI is InChI=1S/C16H18N4O4S/c1-25(23,24)13-4-5-15(16(9-13)20(21)22)19-8-2-3-12(10-19)14-6-7-17-11-18-14/h4-7,9,11-12H,2-3,8,10H2,1H3. The van der Waals surface area contributed by atoms with Crippen LogP contribution in [-0.2, 0) is 9.84 Å². The van der Waals surface area contributed by atoms with E-state index >= 15 is 0 Å². The molecule has 0 N–H and O–H groups in total. The molecule has 3 rings (SSSR count). The molecule has 0 bridgehead atoms. The van der Waals surface area contributed by atoms with Crippen molar-refractivity contribution in [2.75, 3.05) is 24.2 Å². The van der Waals surface area contributed by atoms with Gasteiger partial charge in [0.15, 0.2) is 9.84 Å². The molecule has 0 saturated carbocycles. The van der Waals surface area contributed by atoms with Crippen LogP contribution in [-0.4, -0.2) is 42.7 Å². The molecule has 0 spiro atoms. The lowest BCUT2D eigenvalue weighted by Crippen LogP contribution is -2.35.